The Labute approximate surface area is 91.6 Å². The molecule has 15 heavy (non-hydrogen) atoms. The molecule has 1 unspecified atom stereocenters. The number of methoxy groups -OCH3 is 1. The molecule has 1 aliphatic rings. The van der Waals surface area contributed by atoms with Crippen LogP contribution in [0.3, 0.4) is 0 Å². The molecule has 2 heteroatoms. The van der Waals surface area contributed by atoms with Crippen LogP contribution in [0.4, 0.5) is 0 Å². The van der Waals surface area contributed by atoms with Gasteiger partial charge < -0.3 is 10.1 Å². The van der Waals surface area contributed by atoms with E-state index in [9.17, 15) is 0 Å². The first-order chi connectivity index (χ1) is 7.40. The van der Waals surface area contributed by atoms with E-state index in [-0.39, 0.29) is 6.10 Å². The van der Waals surface area contributed by atoms with E-state index in [1.807, 2.05) is 6.07 Å². The molecule has 0 bridgehead atoms. The third-order valence-electron chi connectivity index (χ3n) is 3.15. The summed E-state index contributed by atoms with van der Waals surface area (Å²) in [6, 6.07) is 11.1. The fourth-order valence-corrected chi connectivity index (χ4v) is 1.89. The molecule has 1 aromatic carbocycles. The zero-order valence-electron chi connectivity index (χ0n) is 9.28. The van der Waals surface area contributed by atoms with Gasteiger partial charge in [0.25, 0.3) is 0 Å². The topological polar surface area (TPSA) is 21.3 Å². The highest BCUT2D eigenvalue weighted by Gasteiger charge is 2.18. The second-order valence-electron chi connectivity index (χ2n) is 4.17. The lowest BCUT2D eigenvalue weighted by atomic mass is 9.93. The molecule has 0 heterocycles. The van der Waals surface area contributed by atoms with Crippen molar-refractivity contribution in [3.05, 3.63) is 35.9 Å². The molecule has 0 aromatic heterocycles. The average Bonchev–Trinajstić information content (AvgIpc) is 2.23. The maximum Gasteiger partial charge on any atom is 0.0945 e. The monoisotopic (exact) mass is 205 g/mol. The molecule has 0 radical (unpaired) electrons. The van der Waals surface area contributed by atoms with Gasteiger partial charge in [0.15, 0.2) is 0 Å². The second-order valence-corrected chi connectivity index (χ2v) is 4.17. The van der Waals surface area contributed by atoms with Crippen molar-refractivity contribution in [3.8, 4) is 0 Å². The summed E-state index contributed by atoms with van der Waals surface area (Å²) in [6.45, 7) is 0.922. The van der Waals surface area contributed by atoms with Crippen LogP contribution in [0.25, 0.3) is 0 Å². The van der Waals surface area contributed by atoms with E-state index < -0.39 is 0 Å². The van der Waals surface area contributed by atoms with Crippen LogP contribution in [0.2, 0.25) is 0 Å². The minimum Gasteiger partial charge on any atom is -0.375 e. The third-order valence-corrected chi connectivity index (χ3v) is 3.15. The Morgan fingerprint density at radius 3 is 2.60 bits per heavy atom. The zero-order valence-corrected chi connectivity index (χ0v) is 9.28. The molecule has 1 fully saturated rings. The first-order valence-corrected chi connectivity index (χ1v) is 5.71. The lowest BCUT2D eigenvalue weighted by molar-refractivity contribution is 0.0956. The van der Waals surface area contributed by atoms with E-state index in [0.717, 1.165) is 12.6 Å². The van der Waals surface area contributed by atoms with Crippen LogP contribution in [0.1, 0.15) is 30.9 Å². The fraction of sp³-hybridized carbons (Fsp3) is 0.538. The minimum absolute atomic E-state index is 0.187. The van der Waals surface area contributed by atoms with E-state index in [2.05, 4.69) is 29.6 Å². The van der Waals surface area contributed by atoms with Gasteiger partial charge in [-0.25, -0.2) is 0 Å². The maximum absolute atomic E-state index is 5.49. The summed E-state index contributed by atoms with van der Waals surface area (Å²) in [6.07, 6.45) is 4.21. The molecule has 2 rings (SSSR count). The van der Waals surface area contributed by atoms with Gasteiger partial charge in [-0.2, -0.15) is 0 Å². The average molecular weight is 205 g/mol. The van der Waals surface area contributed by atoms with Crippen molar-refractivity contribution in [1.82, 2.24) is 5.32 Å². The maximum atomic E-state index is 5.49. The Kier molecular flexibility index (Phi) is 3.75. The van der Waals surface area contributed by atoms with Crippen LogP contribution >= 0.6 is 0 Å². The van der Waals surface area contributed by atoms with E-state index in [0.29, 0.717) is 0 Å². The summed E-state index contributed by atoms with van der Waals surface area (Å²) < 4.78 is 5.49. The van der Waals surface area contributed by atoms with Crippen LogP contribution in [0.15, 0.2) is 30.3 Å². The van der Waals surface area contributed by atoms with Crippen molar-refractivity contribution in [1.29, 1.82) is 0 Å². The van der Waals surface area contributed by atoms with Crippen LogP contribution < -0.4 is 5.32 Å². The fourth-order valence-electron chi connectivity index (χ4n) is 1.89. The third kappa shape index (κ3) is 2.80. The summed E-state index contributed by atoms with van der Waals surface area (Å²) >= 11 is 0. The Morgan fingerprint density at radius 1 is 1.33 bits per heavy atom. The molecule has 0 spiro atoms. The van der Waals surface area contributed by atoms with Crippen molar-refractivity contribution < 1.29 is 4.74 Å². The minimum atomic E-state index is 0.187. The molecular formula is C13H19NO. The normalized spacial score (nSPS) is 18.5. The predicted octanol–water partition coefficient (Wildman–Crippen LogP) is 2.52. The first kappa shape index (κ1) is 10.7. The van der Waals surface area contributed by atoms with Gasteiger partial charge in [-0.3, -0.25) is 0 Å². The molecule has 1 aromatic rings. The molecule has 1 aliphatic carbocycles. The van der Waals surface area contributed by atoms with E-state index in [4.69, 9.17) is 4.74 Å². The molecular weight excluding hydrogens is 186 g/mol. The van der Waals surface area contributed by atoms with Gasteiger partial charge >= 0.3 is 0 Å². The Morgan fingerprint density at radius 2 is 2.07 bits per heavy atom. The Hall–Kier alpha value is -0.860. The molecule has 0 aliphatic heterocycles. The lowest BCUT2D eigenvalue weighted by Crippen LogP contribution is -2.37. The first-order valence-electron chi connectivity index (χ1n) is 5.71. The van der Waals surface area contributed by atoms with Crippen molar-refractivity contribution in [2.75, 3.05) is 13.7 Å². The van der Waals surface area contributed by atoms with Gasteiger partial charge in [0, 0.05) is 19.7 Å². The number of ether oxygens (including phenoxy) is 1. The summed E-state index contributed by atoms with van der Waals surface area (Å²) in [5.74, 6) is 0. The van der Waals surface area contributed by atoms with Gasteiger partial charge in [-0.15, -0.1) is 0 Å². The Balaban J connectivity index is 1.86. The number of hydrogen-bond donors (Lipinski definition) is 1. The van der Waals surface area contributed by atoms with Crippen LogP contribution in [-0.2, 0) is 4.74 Å². The van der Waals surface area contributed by atoms with Crippen LogP contribution in [-0.4, -0.2) is 19.7 Å². The SMILES string of the molecule is COC(CNC1CCC1)c1ccccc1. The highest BCUT2D eigenvalue weighted by Crippen LogP contribution is 2.20. The zero-order chi connectivity index (χ0) is 10.5. The van der Waals surface area contributed by atoms with Crippen molar-refractivity contribution in [2.24, 2.45) is 0 Å². The number of nitrogens with one attached hydrogen (secondary N) is 1. The molecule has 1 saturated carbocycles. The quantitative estimate of drug-likeness (QED) is 0.797. The summed E-state index contributed by atoms with van der Waals surface area (Å²) in [5.41, 5.74) is 1.26. The highest BCUT2D eigenvalue weighted by molar-refractivity contribution is 5.17. The largest absolute Gasteiger partial charge is 0.375 e. The van der Waals surface area contributed by atoms with Crippen molar-refractivity contribution in [2.45, 2.75) is 31.4 Å². The molecule has 2 nitrogen and oxygen atoms in total. The van der Waals surface area contributed by atoms with Crippen molar-refractivity contribution >= 4 is 0 Å². The summed E-state index contributed by atoms with van der Waals surface area (Å²) in [4.78, 5) is 0. The predicted molar refractivity (Wildman–Crippen MR) is 61.8 cm³/mol. The van der Waals surface area contributed by atoms with E-state index in [1.165, 1.54) is 24.8 Å². The highest BCUT2D eigenvalue weighted by atomic mass is 16.5. The molecule has 0 saturated heterocycles. The van der Waals surface area contributed by atoms with Crippen molar-refractivity contribution in [3.63, 3.8) is 0 Å². The number of hydrogen-bond acceptors (Lipinski definition) is 2. The van der Waals surface area contributed by atoms with Gasteiger partial charge in [-0.1, -0.05) is 36.8 Å². The van der Waals surface area contributed by atoms with Crippen LogP contribution in [0, 0.1) is 0 Å². The Bertz CT molecular complexity index is 282. The number of rotatable bonds is 5. The molecule has 82 valence electrons. The summed E-state index contributed by atoms with van der Waals surface area (Å²) in [5, 5.41) is 3.54. The van der Waals surface area contributed by atoms with Gasteiger partial charge in [0.1, 0.15) is 0 Å². The molecule has 1 atom stereocenters. The van der Waals surface area contributed by atoms with E-state index >= 15 is 0 Å². The second kappa shape index (κ2) is 5.29. The molecule has 1 N–H and O–H groups in total. The van der Waals surface area contributed by atoms with Gasteiger partial charge in [0.2, 0.25) is 0 Å². The van der Waals surface area contributed by atoms with E-state index in [1.54, 1.807) is 7.11 Å². The molecule has 0 amide bonds. The number of benzene rings is 1. The smallest absolute Gasteiger partial charge is 0.0945 e. The van der Waals surface area contributed by atoms with Gasteiger partial charge in [0.05, 0.1) is 6.10 Å². The van der Waals surface area contributed by atoms with Gasteiger partial charge in [-0.05, 0) is 18.4 Å². The lowest BCUT2D eigenvalue weighted by Gasteiger charge is -2.28. The van der Waals surface area contributed by atoms with Crippen LogP contribution in [0.5, 0.6) is 0 Å². The standard InChI is InChI=1S/C13H19NO/c1-15-13(10-14-12-8-5-9-12)11-6-3-2-4-7-11/h2-4,6-7,12-14H,5,8-10H2,1H3. The summed E-state index contributed by atoms with van der Waals surface area (Å²) in [7, 11) is 1.78.